The number of carbonyl (C=O) groups excluding carboxylic acids is 1. The number of nitrogens with zero attached hydrogens (tertiary/aromatic N) is 2. The number of hydrogen-bond donors (Lipinski definition) is 2. The summed E-state index contributed by atoms with van der Waals surface area (Å²) in [4.78, 5) is 46.6. The number of fused-ring (bicyclic) bond motifs is 2. The molecule has 2 aromatic heterocycles. The second kappa shape index (κ2) is 5.86. The number of hydrogen-bond acceptors (Lipinski definition) is 5. The van der Waals surface area contributed by atoms with Crippen LogP contribution in [0.25, 0.3) is 11.0 Å². The van der Waals surface area contributed by atoms with E-state index in [1.807, 2.05) is 4.90 Å². The van der Waals surface area contributed by atoms with Gasteiger partial charge in [-0.15, -0.1) is 0 Å². The molecule has 1 aliphatic carbocycles. The number of morpholine rings is 1. The maximum absolute atomic E-state index is 12.9. The summed E-state index contributed by atoms with van der Waals surface area (Å²) >= 11 is 0. The first-order chi connectivity index (χ1) is 11.6. The second-order valence-corrected chi connectivity index (χ2v) is 6.29. The molecule has 3 heterocycles. The Balaban J connectivity index is 1.70. The molecule has 8 heteroatoms. The van der Waals surface area contributed by atoms with Crippen LogP contribution in [0.4, 0.5) is 0 Å². The van der Waals surface area contributed by atoms with E-state index < -0.39 is 11.2 Å². The van der Waals surface area contributed by atoms with Crippen LogP contribution in [0.3, 0.4) is 0 Å². The Labute approximate surface area is 136 Å². The molecule has 24 heavy (non-hydrogen) atoms. The van der Waals surface area contributed by atoms with Crippen LogP contribution in [0.5, 0.6) is 0 Å². The number of nitrogens with one attached hydrogen (secondary N) is 2. The van der Waals surface area contributed by atoms with Gasteiger partial charge in [0.1, 0.15) is 5.65 Å². The summed E-state index contributed by atoms with van der Waals surface area (Å²) in [5.74, 6) is -0.143. The average Bonchev–Trinajstić information content (AvgIpc) is 2.60. The number of amides is 1. The lowest BCUT2D eigenvalue weighted by Crippen LogP contribution is -2.54. The highest BCUT2D eigenvalue weighted by atomic mass is 16.5. The van der Waals surface area contributed by atoms with Crippen molar-refractivity contribution in [1.29, 1.82) is 0 Å². The predicted molar refractivity (Wildman–Crippen MR) is 86.0 cm³/mol. The number of aromatic amines is 2. The molecule has 1 aliphatic heterocycles. The van der Waals surface area contributed by atoms with Crippen LogP contribution >= 0.6 is 0 Å². The molecule has 1 saturated heterocycles. The van der Waals surface area contributed by atoms with Crippen LogP contribution in [0, 0.1) is 0 Å². The third-order valence-corrected chi connectivity index (χ3v) is 4.83. The van der Waals surface area contributed by atoms with Crippen LogP contribution in [0.1, 0.15) is 36.0 Å². The second-order valence-electron chi connectivity index (χ2n) is 6.29. The quantitative estimate of drug-likeness (QED) is 0.786. The van der Waals surface area contributed by atoms with Gasteiger partial charge >= 0.3 is 5.69 Å². The van der Waals surface area contributed by atoms with E-state index in [4.69, 9.17) is 4.74 Å². The van der Waals surface area contributed by atoms with Gasteiger partial charge in [0, 0.05) is 12.7 Å². The molecule has 2 aliphatic rings. The molecule has 2 atom stereocenters. The molecule has 2 aromatic rings. The third-order valence-electron chi connectivity index (χ3n) is 4.83. The van der Waals surface area contributed by atoms with Crippen molar-refractivity contribution in [1.82, 2.24) is 19.9 Å². The van der Waals surface area contributed by atoms with Gasteiger partial charge in [-0.2, -0.15) is 0 Å². The van der Waals surface area contributed by atoms with E-state index in [9.17, 15) is 14.4 Å². The molecule has 0 bridgehead atoms. The minimum atomic E-state index is -0.614. The van der Waals surface area contributed by atoms with E-state index in [0.29, 0.717) is 18.7 Å². The summed E-state index contributed by atoms with van der Waals surface area (Å²) < 4.78 is 5.80. The lowest BCUT2D eigenvalue weighted by Gasteiger charge is -2.43. The predicted octanol–water partition coefficient (Wildman–Crippen LogP) is 0.395. The Morgan fingerprint density at radius 3 is 2.96 bits per heavy atom. The molecule has 126 valence electrons. The minimum absolute atomic E-state index is 0.0876. The molecule has 2 fully saturated rings. The molecule has 1 amide bonds. The van der Waals surface area contributed by atoms with Gasteiger partial charge in [-0.3, -0.25) is 19.6 Å². The summed E-state index contributed by atoms with van der Waals surface area (Å²) in [6.07, 6.45) is 5.64. The monoisotopic (exact) mass is 330 g/mol. The van der Waals surface area contributed by atoms with Gasteiger partial charge < -0.3 is 9.64 Å². The summed E-state index contributed by atoms with van der Waals surface area (Å²) in [6.45, 7) is 1.07. The van der Waals surface area contributed by atoms with Crippen molar-refractivity contribution in [2.24, 2.45) is 0 Å². The maximum atomic E-state index is 12.9. The first-order valence-corrected chi connectivity index (χ1v) is 8.18. The van der Waals surface area contributed by atoms with Crippen molar-refractivity contribution in [3.8, 4) is 0 Å². The summed E-state index contributed by atoms with van der Waals surface area (Å²) in [5.41, 5.74) is -0.630. The van der Waals surface area contributed by atoms with E-state index in [-0.39, 0.29) is 29.1 Å². The Morgan fingerprint density at radius 2 is 2.08 bits per heavy atom. The number of rotatable bonds is 1. The Kier molecular flexibility index (Phi) is 3.68. The highest BCUT2D eigenvalue weighted by molar-refractivity contribution is 5.97. The van der Waals surface area contributed by atoms with Crippen molar-refractivity contribution < 1.29 is 9.53 Å². The third kappa shape index (κ3) is 2.52. The topological polar surface area (TPSA) is 108 Å². The van der Waals surface area contributed by atoms with Crippen molar-refractivity contribution in [3.63, 3.8) is 0 Å². The molecular weight excluding hydrogens is 312 g/mol. The normalized spacial score (nSPS) is 23.9. The van der Waals surface area contributed by atoms with Crippen molar-refractivity contribution in [2.45, 2.75) is 37.8 Å². The van der Waals surface area contributed by atoms with E-state index in [0.717, 1.165) is 25.7 Å². The zero-order valence-corrected chi connectivity index (χ0v) is 13.1. The highest BCUT2D eigenvalue weighted by Crippen LogP contribution is 2.29. The van der Waals surface area contributed by atoms with Gasteiger partial charge in [-0.25, -0.2) is 9.78 Å². The lowest BCUT2D eigenvalue weighted by molar-refractivity contribution is -0.0752. The SMILES string of the molecule is O=C(c1cnc2[nH]c(=O)[nH]c(=O)c2c1)N1CCO[C@H]2CCCC[C@@H]21. The number of H-pyrrole nitrogens is 2. The van der Waals surface area contributed by atoms with Gasteiger partial charge in [0.15, 0.2) is 0 Å². The van der Waals surface area contributed by atoms with Crippen LogP contribution in [-0.4, -0.2) is 51.1 Å². The van der Waals surface area contributed by atoms with Crippen molar-refractivity contribution >= 4 is 16.9 Å². The largest absolute Gasteiger partial charge is 0.374 e. The zero-order chi connectivity index (χ0) is 16.7. The molecule has 0 unspecified atom stereocenters. The highest BCUT2D eigenvalue weighted by Gasteiger charge is 2.37. The van der Waals surface area contributed by atoms with Gasteiger partial charge in [-0.05, 0) is 18.9 Å². The van der Waals surface area contributed by atoms with E-state index >= 15 is 0 Å². The molecule has 8 nitrogen and oxygen atoms in total. The van der Waals surface area contributed by atoms with Crippen LogP contribution < -0.4 is 11.2 Å². The zero-order valence-electron chi connectivity index (χ0n) is 13.1. The summed E-state index contributed by atoms with van der Waals surface area (Å²) in [5, 5.41) is 0.203. The van der Waals surface area contributed by atoms with E-state index in [1.165, 1.54) is 12.3 Å². The molecule has 0 aromatic carbocycles. The number of aromatic nitrogens is 3. The fourth-order valence-corrected chi connectivity index (χ4v) is 3.68. The molecule has 4 rings (SSSR count). The number of carbonyl (C=O) groups is 1. The molecule has 2 N–H and O–H groups in total. The van der Waals surface area contributed by atoms with Crippen LogP contribution in [-0.2, 0) is 4.74 Å². The average molecular weight is 330 g/mol. The van der Waals surface area contributed by atoms with Crippen LogP contribution in [0.15, 0.2) is 21.9 Å². The fourth-order valence-electron chi connectivity index (χ4n) is 3.68. The summed E-state index contributed by atoms with van der Waals surface area (Å²) in [6, 6.07) is 1.58. The minimum Gasteiger partial charge on any atom is -0.374 e. The van der Waals surface area contributed by atoms with Gasteiger partial charge in [0.25, 0.3) is 11.5 Å². The van der Waals surface area contributed by atoms with Crippen LogP contribution in [0.2, 0.25) is 0 Å². The molecule has 0 radical (unpaired) electrons. The Morgan fingerprint density at radius 1 is 1.25 bits per heavy atom. The molecule has 0 spiro atoms. The van der Waals surface area contributed by atoms with E-state index in [1.54, 1.807) is 0 Å². The van der Waals surface area contributed by atoms with E-state index in [2.05, 4.69) is 15.0 Å². The standard InChI is InChI=1S/C16H18N4O4/c21-14-10-7-9(8-17-13(10)18-16(23)19-14)15(22)20-5-6-24-12-4-2-1-3-11(12)20/h7-8,11-12H,1-6H2,(H2,17,18,19,21,23)/t11-,12-/m0/s1. The first-order valence-electron chi connectivity index (χ1n) is 8.18. The Bertz CT molecular complexity index is 901. The number of pyridine rings is 1. The molecular formula is C16H18N4O4. The van der Waals surface area contributed by atoms with Gasteiger partial charge in [0.05, 0.1) is 29.7 Å². The summed E-state index contributed by atoms with van der Waals surface area (Å²) in [7, 11) is 0. The molecule has 1 saturated carbocycles. The maximum Gasteiger partial charge on any atom is 0.327 e. The van der Waals surface area contributed by atoms with Crippen molar-refractivity contribution in [2.75, 3.05) is 13.2 Å². The van der Waals surface area contributed by atoms with Gasteiger partial charge in [0.2, 0.25) is 0 Å². The van der Waals surface area contributed by atoms with Gasteiger partial charge in [-0.1, -0.05) is 12.8 Å². The fraction of sp³-hybridized carbons (Fsp3) is 0.500. The van der Waals surface area contributed by atoms with Crippen molar-refractivity contribution in [3.05, 3.63) is 38.7 Å². The first kappa shape index (κ1) is 15.1. The lowest BCUT2D eigenvalue weighted by atomic mass is 9.90. The Hall–Kier alpha value is -2.48. The smallest absolute Gasteiger partial charge is 0.327 e. The number of ether oxygens (including phenoxy) is 1.